The van der Waals surface area contributed by atoms with Crippen LogP contribution in [0.1, 0.15) is 26.7 Å². The lowest BCUT2D eigenvalue weighted by molar-refractivity contribution is -0.146. The van der Waals surface area contributed by atoms with Gasteiger partial charge in [-0.25, -0.2) is 4.79 Å². The SMILES string of the molecule is CC(=O)OC(C)CCC(=O)/C=C/C(=O)O. The number of carbonyl (C=O) groups excluding carboxylic acids is 2. The standard InChI is InChI=1S/C10H14O5/c1-7(15-8(2)11)3-4-9(12)5-6-10(13)14/h5-7H,3-4H2,1-2H3,(H,13,14)/b6-5+. The largest absolute Gasteiger partial charge is 0.478 e. The number of carboxylic acids is 1. The summed E-state index contributed by atoms with van der Waals surface area (Å²) in [5.41, 5.74) is 0. The Bertz CT molecular complexity index is 280. The zero-order valence-corrected chi connectivity index (χ0v) is 8.73. The Morgan fingerprint density at radius 2 is 1.93 bits per heavy atom. The number of esters is 1. The van der Waals surface area contributed by atoms with E-state index >= 15 is 0 Å². The van der Waals surface area contributed by atoms with Crippen molar-refractivity contribution in [2.75, 3.05) is 0 Å². The van der Waals surface area contributed by atoms with Crippen molar-refractivity contribution in [1.29, 1.82) is 0 Å². The summed E-state index contributed by atoms with van der Waals surface area (Å²) in [6.45, 7) is 2.97. The lowest BCUT2D eigenvalue weighted by atomic mass is 10.1. The van der Waals surface area contributed by atoms with Gasteiger partial charge in [-0.2, -0.15) is 0 Å². The molecule has 0 fully saturated rings. The topological polar surface area (TPSA) is 80.7 Å². The molecule has 0 aromatic heterocycles. The van der Waals surface area contributed by atoms with Gasteiger partial charge in [0.05, 0.1) is 6.10 Å². The van der Waals surface area contributed by atoms with Crippen LogP contribution in [-0.4, -0.2) is 28.9 Å². The molecule has 84 valence electrons. The maximum Gasteiger partial charge on any atom is 0.328 e. The smallest absolute Gasteiger partial charge is 0.328 e. The Labute approximate surface area is 87.7 Å². The summed E-state index contributed by atoms with van der Waals surface area (Å²) < 4.78 is 4.79. The van der Waals surface area contributed by atoms with Gasteiger partial charge in [0.1, 0.15) is 0 Å². The highest BCUT2D eigenvalue weighted by molar-refractivity contribution is 5.95. The minimum atomic E-state index is -1.16. The third-order valence-electron chi connectivity index (χ3n) is 1.58. The summed E-state index contributed by atoms with van der Waals surface area (Å²) >= 11 is 0. The van der Waals surface area contributed by atoms with E-state index < -0.39 is 11.9 Å². The fourth-order valence-corrected chi connectivity index (χ4v) is 0.935. The van der Waals surface area contributed by atoms with Gasteiger partial charge in [0.2, 0.25) is 0 Å². The average Bonchev–Trinajstić information content (AvgIpc) is 2.10. The molecule has 0 aliphatic heterocycles. The summed E-state index contributed by atoms with van der Waals surface area (Å²) in [4.78, 5) is 31.6. The van der Waals surface area contributed by atoms with Crippen molar-refractivity contribution in [3.05, 3.63) is 12.2 Å². The minimum Gasteiger partial charge on any atom is -0.478 e. The van der Waals surface area contributed by atoms with Crippen molar-refractivity contribution in [3.63, 3.8) is 0 Å². The highest BCUT2D eigenvalue weighted by Crippen LogP contribution is 2.03. The molecule has 0 aliphatic rings. The molecule has 15 heavy (non-hydrogen) atoms. The van der Waals surface area contributed by atoms with Gasteiger partial charge in [0.25, 0.3) is 0 Å². The molecule has 1 atom stereocenters. The predicted octanol–water partition coefficient (Wildman–Crippen LogP) is 0.928. The van der Waals surface area contributed by atoms with E-state index in [1.807, 2.05) is 0 Å². The van der Waals surface area contributed by atoms with Crippen LogP contribution in [0.2, 0.25) is 0 Å². The second-order valence-electron chi connectivity index (χ2n) is 3.10. The second-order valence-corrected chi connectivity index (χ2v) is 3.10. The molecular weight excluding hydrogens is 200 g/mol. The summed E-state index contributed by atoms with van der Waals surface area (Å²) in [5.74, 6) is -1.84. The molecule has 0 heterocycles. The van der Waals surface area contributed by atoms with Crippen LogP contribution in [0.25, 0.3) is 0 Å². The van der Waals surface area contributed by atoms with Gasteiger partial charge in [0, 0.05) is 19.4 Å². The first-order chi connectivity index (χ1) is 6.91. The number of rotatable bonds is 6. The highest BCUT2D eigenvalue weighted by Gasteiger charge is 2.07. The number of ether oxygens (including phenoxy) is 1. The molecule has 0 saturated heterocycles. The van der Waals surface area contributed by atoms with E-state index in [2.05, 4.69) is 0 Å². The zero-order chi connectivity index (χ0) is 11.8. The van der Waals surface area contributed by atoms with Crippen molar-refractivity contribution < 1.29 is 24.2 Å². The third-order valence-corrected chi connectivity index (χ3v) is 1.58. The van der Waals surface area contributed by atoms with Gasteiger partial charge < -0.3 is 9.84 Å². The first-order valence-corrected chi connectivity index (χ1v) is 4.53. The molecule has 1 unspecified atom stereocenters. The van der Waals surface area contributed by atoms with Crippen molar-refractivity contribution in [2.45, 2.75) is 32.8 Å². The second kappa shape index (κ2) is 6.75. The van der Waals surface area contributed by atoms with Gasteiger partial charge in [-0.1, -0.05) is 0 Å². The normalized spacial score (nSPS) is 12.4. The molecule has 0 aliphatic carbocycles. The fraction of sp³-hybridized carbons (Fsp3) is 0.500. The summed E-state index contributed by atoms with van der Waals surface area (Å²) in [7, 11) is 0. The average molecular weight is 214 g/mol. The van der Waals surface area contributed by atoms with Crippen LogP contribution in [0.4, 0.5) is 0 Å². The highest BCUT2D eigenvalue weighted by atomic mass is 16.5. The molecule has 0 bridgehead atoms. The molecule has 0 aromatic carbocycles. The van der Waals surface area contributed by atoms with Crippen LogP contribution < -0.4 is 0 Å². The van der Waals surface area contributed by atoms with Crippen LogP contribution in [0.15, 0.2) is 12.2 Å². The van der Waals surface area contributed by atoms with E-state index in [9.17, 15) is 14.4 Å². The summed E-state index contributed by atoms with van der Waals surface area (Å²) in [6.07, 6.45) is 2.02. The molecular formula is C10H14O5. The Morgan fingerprint density at radius 1 is 1.33 bits per heavy atom. The van der Waals surface area contributed by atoms with Gasteiger partial charge in [-0.15, -0.1) is 0 Å². The molecule has 5 nitrogen and oxygen atoms in total. The molecule has 0 saturated carbocycles. The van der Waals surface area contributed by atoms with Gasteiger partial charge in [-0.3, -0.25) is 9.59 Å². The molecule has 0 aromatic rings. The first kappa shape index (κ1) is 13.4. The molecule has 1 N–H and O–H groups in total. The zero-order valence-electron chi connectivity index (χ0n) is 8.73. The minimum absolute atomic E-state index is 0.165. The number of carboxylic acid groups (broad SMARTS) is 1. The Hall–Kier alpha value is -1.65. The number of aliphatic carboxylic acids is 1. The molecule has 0 radical (unpaired) electrons. The fourth-order valence-electron chi connectivity index (χ4n) is 0.935. The first-order valence-electron chi connectivity index (χ1n) is 4.53. The van der Waals surface area contributed by atoms with Crippen molar-refractivity contribution in [1.82, 2.24) is 0 Å². The van der Waals surface area contributed by atoms with Crippen LogP contribution in [-0.2, 0) is 19.1 Å². The lowest BCUT2D eigenvalue weighted by Crippen LogP contribution is -2.13. The van der Waals surface area contributed by atoms with E-state index in [4.69, 9.17) is 9.84 Å². The number of carbonyl (C=O) groups is 3. The van der Waals surface area contributed by atoms with E-state index in [0.29, 0.717) is 6.42 Å². The van der Waals surface area contributed by atoms with E-state index in [0.717, 1.165) is 12.2 Å². The van der Waals surface area contributed by atoms with Crippen LogP contribution >= 0.6 is 0 Å². The van der Waals surface area contributed by atoms with Crippen LogP contribution in [0.5, 0.6) is 0 Å². The van der Waals surface area contributed by atoms with E-state index in [1.54, 1.807) is 6.92 Å². The van der Waals surface area contributed by atoms with Crippen LogP contribution in [0, 0.1) is 0 Å². The molecule has 0 amide bonds. The maximum absolute atomic E-state index is 11.0. The Kier molecular flexibility index (Phi) is 6.01. The number of hydrogen-bond acceptors (Lipinski definition) is 4. The molecule has 0 rings (SSSR count). The van der Waals surface area contributed by atoms with Crippen molar-refractivity contribution >= 4 is 17.7 Å². The van der Waals surface area contributed by atoms with E-state index in [1.165, 1.54) is 6.92 Å². The molecule has 0 spiro atoms. The number of hydrogen-bond donors (Lipinski definition) is 1. The number of allylic oxidation sites excluding steroid dienone is 1. The van der Waals surface area contributed by atoms with Crippen molar-refractivity contribution in [3.8, 4) is 0 Å². The Balaban J connectivity index is 3.80. The summed E-state index contributed by atoms with van der Waals surface area (Å²) in [5, 5.41) is 8.25. The predicted molar refractivity (Wildman–Crippen MR) is 52.2 cm³/mol. The van der Waals surface area contributed by atoms with E-state index in [-0.39, 0.29) is 18.3 Å². The van der Waals surface area contributed by atoms with Crippen LogP contribution in [0.3, 0.4) is 0 Å². The lowest BCUT2D eigenvalue weighted by Gasteiger charge is -2.09. The van der Waals surface area contributed by atoms with Gasteiger partial charge in [-0.05, 0) is 19.4 Å². The maximum atomic E-state index is 11.0. The number of ketones is 1. The Morgan fingerprint density at radius 3 is 2.40 bits per heavy atom. The monoisotopic (exact) mass is 214 g/mol. The van der Waals surface area contributed by atoms with Crippen molar-refractivity contribution in [2.24, 2.45) is 0 Å². The van der Waals surface area contributed by atoms with Gasteiger partial charge in [0.15, 0.2) is 5.78 Å². The molecule has 5 heteroatoms. The van der Waals surface area contributed by atoms with Gasteiger partial charge >= 0.3 is 11.9 Å². The quantitative estimate of drug-likeness (QED) is 0.525. The third kappa shape index (κ3) is 8.67. The summed E-state index contributed by atoms with van der Waals surface area (Å²) in [6, 6.07) is 0.